The number of para-hydroxylation sites is 2. The van der Waals surface area contributed by atoms with Crippen molar-refractivity contribution in [2.24, 2.45) is 0 Å². The molecule has 3 aromatic carbocycles. The van der Waals surface area contributed by atoms with Crippen LogP contribution in [0.2, 0.25) is 0 Å². The highest BCUT2D eigenvalue weighted by molar-refractivity contribution is 6.07. The summed E-state index contributed by atoms with van der Waals surface area (Å²) in [5, 5.41) is 13.7. The van der Waals surface area contributed by atoms with E-state index in [0.717, 1.165) is 60.9 Å². The van der Waals surface area contributed by atoms with Crippen LogP contribution in [0.3, 0.4) is 0 Å². The van der Waals surface area contributed by atoms with Gasteiger partial charge in [0.05, 0.1) is 39.6 Å². The van der Waals surface area contributed by atoms with Crippen molar-refractivity contribution in [2.45, 2.75) is 19.2 Å². The Morgan fingerprint density at radius 2 is 1.60 bits per heavy atom. The molecule has 1 fully saturated rings. The molecule has 0 aliphatic carbocycles. The lowest BCUT2D eigenvalue weighted by atomic mass is 10.1. The molecule has 1 N–H and O–H groups in total. The maximum absolute atomic E-state index is 11.3. The van der Waals surface area contributed by atoms with Crippen molar-refractivity contribution in [2.75, 3.05) is 73.4 Å². The van der Waals surface area contributed by atoms with Gasteiger partial charge in [0.2, 0.25) is 0 Å². The van der Waals surface area contributed by atoms with Gasteiger partial charge in [0.1, 0.15) is 6.61 Å². The van der Waals surface area contributed by atoms with Gasteiger partial charge in [-0.05, 0) is 29.8 Å². The lowest BCUT2D eigenvalue weighted by molar-refractivity contribution is 0.0321. The third kappa shape index (κ3) is 6.95. The van der Waals surface area contributed by atoms with Crippen molar-refractivity contribution < 1.29 is 24.1 Å². The summed E-state index contributed by atoms with van der Waals surface area (Å²) in [6, 6.07) is 22.9. The van der Waals surface area contributed by atoms with Crippen LogP contribution < -0.4 is 9.47 Å². The van der Waals surface area contributed by atoms with E-state index in [9.17, 15) is 5.11 Å². The first-order valence-electron chi connectivity index (χ1n) is 14.1. The number of aliphatic hydroxyl groups is 1. The fraction of sp³-hybridized carbons (Fsp3) is 0.438. The zero-order valence-corrected chi connectivity index (χ0v) is 23.6. The van der Waals surface area contributed by atoms with Crippen LogP contribution in [0.25, 0.3) is 21.8 Å². The second kappa shape index (κ2) is 14.0. The molecule has 0 bridgehead atoms. The van der Waals surface area contributed by atoms with Crippen molar-refractivity contribution in [3.63, 3.8) is 0 Å². The molecule has 1 saturated heterocycles. The number of hydrogen-bond acceptors (Lipinski definition) is 7. The van der Waals surface area contributed by atoms with Gasteiger partial charge in [0.15, 0.2) is 11.5 Å². The van der Waals surface area contributed by atoms with E-state index in [1.807, 2.05) is 12.1 Å². The first-order valence-corrected chi connectivity index (χ1v) is 14.1. The maximum Gasteiger partial charge on any atom is 0.161 e. The summed E-state index contributed by atoms with van der Waals surface area (Å²) >= 11 is 0. The number of benzene rings is 3. The summed E-state index contributed by atoms with van der Waals surface area (Å²) in [5.41, 5.74) is 3.37. The molecule has 2 heterocycles. The van der Waals surface area contributed by atoms with Gasteiger partial charge in [0, 0.05) is 68.2 Å². The molecule has 214 valence electrons. The highest BCUT2D eigenvalue weighted by Crippen LogP contribution is 2.30. The van der Waals surface area contributed by atoms with Crippen molar-refractivity contribution >= 4 is 21.8 Å². The van der Waals surface area contributed by atoms with E-state index in [-0.39, 0.29) is 0 Å². The van der Waals surface area contributed by atoms with Crippen LogP contribution in [-0.4, -0.2) is 98.9 Å². The van der Waals surface area contributed by atoms with E-state index in [0.29, 0.717) is 39.4 Å². The number of morpholine rings is 1. The van der Waals surface area contributed by atoms with Gasteiger partial charge in [-0.3, -0.25) is 9.80 Å². The van der Waals surface area contributed by atoms with Crippen LogP contribution in [0, 0.1) is 0 Å². The van der Waals surface area contributed by atoms with E-state index < -0.39 is 6.10 Å². The molecule has 0 radical (unpaired) electrons. The highest BCUT2D eigenvalue weighted by atomic mass is 16.5. The SMILES string of the molecule is COCCN(Cc1ccc(OCCN2CCOCC2)c(OC)c1)CC(O)Cn1c2ccccc2c2ccccc21. The lowest BCUT2D eigenvalue weighted by Crippen LogP contribution is -2.38. The molecule has 1 aliphatic rings. The predicted molar refractivity (Wildman–Crippen MR) is 158 cm³/mol. The van der Waals surface area contributed by atoms with E-state index >= 15 is 0 Å². The van der Waals surface area contributed by atoms with Crippen LogP contribution in [-0.2, 0) is 22.6 Å². The van der Waals surface area contributed by atoms with Crippen LogP contribution in [0.4, 0.5) is 0 Å². The molecule has 4 aromatic rings. The van der Waals surface area contributed by atoms with Gasteiger partial charge in [0.25, 0.3) is 0 Å². The predicted octanol–water partition coefficient (Wildman–Crippen LogP) is 4.02. The summed E-state index contributed by atoms with van der Waals surface area (Å²) in [6.07, 6.45) is -0.555. The molecule has 8 heteroatoms. The monoisotopic (exact) mass is 547 g/mol. The van der Waals surface area contributed by atoms with Gasteiger partial charge in [-0.2, -0.15) is 0 Å². The van der Waals surface area contributed by atoms with Gasteiger partial charge in [-0.25, -0.2) is 0 Å². The van der Waals surface area contributed by atoms with Crippen molar-refractivity contribution in [3.8, 4) is 11.5 Å². The molecule has 1 aliphatic heterocycles. The molecule has 1 aromatic heterocycles. The molecule has 40 heavy (non-hydrogen) atoms. The largest absolute Gasteiger partial charge is 0.493 e. The lowest BCUT2D eigenvalue weighted by Gasteiger charge is -2.27. The summed E-state index contributed by atoms with van der Waals surface area (Å²) < 4.78 is 24.8. The molecular weight excluding hydrogens is 506 g/mol. The van der Waals surface area contributed by atoms with Crippen LogP contribution >= 0.6 is 0 Å². The third-order valence-electron chi connectivity index (χ3n) is 7.56. The molecule has 0 amide bonds. The van der Waals surface area contributed by atoms with Crippen LogP contribution in [0.1, 0.15) is 5.56 Å². The topological polar surface area (TPSA) is 68.6 Å². The molecular formula is C32H41N3O5. The number of fused-ring (bicyclic) bond motifs is 3. The standard InChI is InChI=1S/C32H41N3O5/c1-37-17-13-34(22-25-11-12-31(32(21-25)38-2)40-20-16-33-14-18-39-19-15-33)23-26(36)24-35-29-9-5-3-7-27(29)28-8-4-6-10-30(28)35/h3-12,21,26,36H,13-20,22-24H2,1-2H3. The number of rotatable bonds is 14. The third-order valence-corrected chi connectivity index (χ3v) is 7.56. The number of hydrogen-bond donors (Lipinski definition) is 1. The highest BCUT2D eigenvalue weighted by Gasteiger charge is 2.18. The Hall–Kier alpha value is -3.14. The van der Waals surface area contributed by atoms with E-state index in [1.54, 1.807) is 14.2 Å². The minimum atomic E-state index is -0.555. The average molecular weight is 548 g/mol. The number of nitrogens with zero attached hydrogens (tertiary/aromatic N) is 3. The van der Waals surface area contributed by atoms with Gasteiger partial charge >= 0.3 is 0 Å². The van der Waals surface area contributed by atoms with Gasteiger partial charge in [-0.1, -0.05) is 42.5 Å². The second-order valence-electron chi connectivity index (χ2n) is 10.3. The van der Waals surface area contributed by atoms with Gasteiger partial charge < -0.3 is 28.6 Å². The zero-order valence-electron chi connectivity index (χ0n) is 23.6. The van der Waals surface area contributed by atoms with E-state index in [4.69, 9.17) is 18.9 Å². The Balaban J connectivity index is 1.24. The Kier molecular flexibility index (Phi) is 9.91. The average Bonchev–Trinajstić information content (AvgIpc) is 3.30. The molecule has 0 saturated carbocycles. The maximum atomic E-state index is 11.3. The molecule has 8 nitrogen and oxygen atoms in total. The van der Waals surface area contributed by atoms with Crippen LogP contribution in [0.5, 0.6) is 11.5 Å². The summed E-state index contributed by atoms with van der Waals surface area (Å²) in [5.74, 6) is 1.46. The Morgan fingerprint density at radius 1 is 0.900 bits per heavy atom. The molecule has 0 spiro atoms. The second-order valence-corrected chi connectivity index (χ2v) is 10.3. The molecule has 1 unspecified atom stereocenters. The minimum absolute atomic E-state index is 0.511. The summed E-state index contributed by atoms with van der Waals surface area (Å²) in [7, 11) is 3.38. The number of aliphatic hydroxyl groups excluding tert-OH is 1. The zero-order chi connectivity index (χ0) is 27.7. The Morgan fingerprint density at radius 3 is 2.27 bits per heavy atom. The van der Waals surface area contributed by atoms with Crippen molar-refractivity contribution in [1.29, 1.82) is 0 Å². The number of aromatic nitrogens is 1. The van der Waals surface area contributed by atoms with E-state index in [1.165, 1.54) is 10.8 Å². The molecule has 5 rings (SSSR count). The number of ether oxygens (including phenoxy) is 4. The number of methoxy groups -OCH3 is 2. The fourth-order valence-electron chi connectivity index (χ4n) is 5.52. The quantitative estimate of drug-likeness (QED) is 0.256. The Labute approximate surface area is 236 Å². The first kappa shape index (κ1) is 28.4. The molecule has 1 atom stereocenters. The normalized spacial score (nSPS) is 15.2. The van der Waals surface area contributed by atoms with Crippen LogP contribution in [0.15, 0.2) is 66.7 Å². The Bertz CT molecular complexity index is 1310. The minimum Gasteiger partial charge on any atom is -0.493 e. The summed E-state index contributed by atoms with van der Waals surface area (Å²) in [4.78, 5) is 4.58. The van der Waals surface area contributed by atoms with Crippen molar-refractivity contribution in [1.82, 2.24) is 14.4 Å². The smallest absolute Gasteiger partial charge is 0.161 e. The first-order chi connectivity index (χ1) is 19.7. The van der Waals surface area contributed by atoms with E-state index in [2.05, 4.69) is 69.0 Å². The summed E-state index contributed by atoms with van der Waals surface area (Å²) in [6.45, 7) is 7.91. The van der Waals surface area contributed by atoms with Crippen molar-refractivity contribution in [3.05, 3.63) is 72.3 Å². The van der Waals surface area contributed by atoms with Gasteiger partial charge in [-0.15, -0.1) is 0 Å². The fourth-order valence-corrected chi connectivity index (χ4v) is 5.52.